The average Bonchev–Trinajstić information content (AvgIpc) is 3.36. The van der Waals surface area contributed by atoms with E-state index in [1.54, 1.807) is 22.3 Å². The molecule has 0 bridgehead atoms. The van der Waals surface area contributed by atoms with E-state index in [0.29, 0.717) is 6.54 Å². The van der Waals surface area contributed by atoms with E-state index < -0.39 is 9.84 Å². The summed E-state index contributed by atoms with van der Waals surface area (Å²) in [6.07, 6.45) is 5.22. The Bertz CT molecular complexity index is 1100. The highest BCUT2D eigenvalue weighted by Gasteiger charge is 2.23. The standard InChI is InChI=1S/C21H21N3O3S2/c25-20(23-10-13-29(26,27)14-11-23)9-8-18-16-24(15-17-5-2-1-3-6-17)22-21(18)19-7-4-12-28-19/h1-9,12,16H,10-11,13-15H2/b9-8+. The SMILES string of the molecule is O=C(/C=C/c1cn(Cc2ccccc2)nc1-c1cccs1)N1CCS(=O)(=O)CC1. The number of hydrogen-bond donors (Lipinski definition) is 0. The molecule has 29 heavy (non-hydrogen) atoms. The Balaban J connectivity index is 1.55. The van der Waals surface area contributed by atoms with Gasteiger partial charge in [-0.3, -0.25) is 9.48 Å². The first kappa shape index (κ1) is 19.6. The summed E-state index contributed by atoms with van der Waals surface area (Å²) in [6, 6.07) is 14.1. The Hall–Kier alpha value is -2.71. The lowest BCUT2D eigenvalue weighted by Gasteiger charge is -2.25. The van der Waals surface area contributed by atoms with E-state index >= 15 is 0 Å². The Labute approximate surface area is 174 Å². The van der Waals surface area contributed by atoms with Gasteiger partial charge in [-0.2, -0.15) is 5.10 Å². The lowest BCUT2D eigenvalue weighted by Crippen LogP contribution is -2.43. The Morgan fingerprint density at radius 3 is 2.55 bits per heavy atom. The molecule has 0 saturated carbocycles. The van der Waals surface area contributed by atoms with Crippen molar-refractivity contribution in [3.8, 4) is 10.6 Å². The van der Waals surface area contributed by atoms with Crippen LogP contribution in [0.3, 0.4) is 0 Å². The molecule has 150 valence electrons. The fourth-order valence-corrected chi connectivity index (χ4v) is 5.15. The second-order valence-corrected chi connectivity index (χ2v) is 10.2. The predicted molar refractivity (Wildman–Crippen MR) is 115 cm³/mol. The van der Waals surface area contributed by atoms with Gasteiger partial charge in [0, 0.05) is 30.9 Å². The molecule has 1 aliphatic rings. The maximum atomic E-state index is 12.5. The number of carbonyl (C=O) groups excluding carboxylic acids is 1. The number of nitrogens with zero attached hydrogens (tertiary/aromatic N) is 3. The van der Waals surface area contributed by atoms with Crippen LogP contribution in [0.25, 0.3) is 16.6 Å². The van der Waals surface area contributed by atoms with E-state index in [-0.39, 0.29) is 30.5 Å². The molecule has 6 nitrogen and oxygen atoms in total. The van der Waals surface area contributed by atoms with Crippen LogP contribution in [0.1, 0.15) is 11.1 Å². The zero-order valence-corrected chi connectivity index (χ0v) is 17.4. The first-order chi connectivity index (χ1) is 14.0. The summed E-state index contributed by atoms with van der Waals surface area (Å²) in [6.45, 7) is 1.14. The van der Waals surface area contributed by atoms with Gasteiger partial charge in [-0.05, 0) is 23.1 Å². The molecule has 1 amide bonds. The molecule has 3 aromatic rings. The van der Waals surface area contributed by atoms with Crippen molar-refractivity contribution < 1.29 is 13.2 Å². The number of thiophene rings is 1. The average molecular weight is 428 g/mol. The predicted octanol–water partition coefficient (Wildman–Crippen LogP) is 2.93. The summed E-state index contributed by atoms with van der Waals surface area (Å²) in [7, 11) is -3.01. The van der Waals surface area contributed by atoms with Crippen molar-refractivity contribution in [3.63, 3.8) is 0 Å². The first-order valence-corrected chi connectivity index (χ1v) is 12.0. The van der Waals surface area contributed by atoms with Gasteiger partial charge in [0.2, 0.25) is 5.91 Å². The van der Waals surface area contributed by atoms with E-state index in [2.05, 4.69) is 12.1 Å². The van der Waals surface area contributed by atoms with Gasteiger partial charge in [0.1, 0.15) is 5.69 Å². The number of carbonyl (C=O) groups is 1. The van der Waals surface area contributed by atoms with Gasteiger partial charge in [-0.1, -0.05) is 36.4 Å². The highest BCUT2D eigenvalue weighted by Crippen LogP contribution is 2.28. The number of hydrogen-bond acceptors (Lipinski definition) is 5. The molecule has 1 fully saturated rings. The zero-order valence-electron chi connectivity index (χ0n) is 15.8. The van der Waals surface area contributed by atoms with Gasteiger partial charge in [-0.25, -0.2) is 8.42 Å². The third-order valence-corrected chi connectivity index (χ3v) is 7.28. The minimum Gasteiger partial charge on any atom is -0.337 e. The summed E-state index contributed by atoms with van der Waals surface area (Å²) < 4.78 is 25.0. The van der Waals surface area contributed by atoms with Gasteiger partial charge in [0.05, 0.1) is 22.9 Å². The van der Waals surface area contributed by atoms with Crippen molar-refractivity contribution in [3.05, 3.63) is 71.2 Å². The zero-order chi connectivity index (χ0) is 20.3. The fourth-order valence-electron chi connectivity index (χ4n) is 3.21. The number of amides is 1. The summed E-state index contributed by atoms with van der Waals surface area (Å²) in [5, 5.41) is 6.73. The number of rotatable bonds is 5. The Kier molecular flexibility index (Phi) is 5.64. The van der Waals surface area contributed by atoms with Crippen molar-refractivity contribution in [2.45, 2.75) is 6.54 Å². The topological polar surface area (TPSA) is 72.3 Å². The quantitative estimate of drug-likeness (QED) is 0.587. The molecular weight excluding hydrogens is 406 g/mol. The molecule has 3 heterocycles. The second kappa shape index (κ2) is 8.34. The van der Waals surface area contributed by atoms with Crippen LogP contribution in [-0.2, 0) is 21.2 Å². The van der Waals surface area contributed by atoms with Crippen LogP contribution in [0.15, 0.2) is 60.1 Å². The lowest BCUT2D eigenvalue weighted by atomic mass is 10.2. The van der Waals surface area contributed by atoms with Crippen molar-refractivity contribution in [1.82, 2.24) is 14.7 Å². The molecule has 1 saturated heterocycles. The van der Waals surface area contributed by atoms with Crippen LogP contribution in [0.2, 0.25) is 0 Å². The number of sulfone groups is 1. The molecular formula is C21H21N3O3S2. The Morgan fingerprint density at radius 1 is 1.10 bits per heavy atom. The molecule has 0 unspecified atom stereocenters. The molecule has 1 aliphatic heterocycles. The van der Waals surface area contributed by atoms with Crippen LogP contribution >= 0.6 is 11.3 Å². The molecule has 4 rings (SSSR count). The fraction of sp³-hybridized carbons (Fsp3) is 0.238. The molecule has 0 radical (unpaired) electrons. The molecule has 2 aromatic heterocycles. The number of benzene rings is 1. The highest BCUT2D eigenvalue weighted by atomic mass is 32.2. The molecule has 0 spiro atoms. The van der Waals surface area contributed by atoms with Crippen LogP contribution in [0.5, 0.6) is 0 Å². The normalized spacial score (nSPS) is 16.3. The molecule has 0 aliphatic carbocycles. The lowest BCUT2D eigenvalue weighted by molar-refractivity contribution is -0.125. The highest BCUT2D eigenvalue weighted by molar-refractivity contribution is 7.91. The van der Waals surface area contributed by atoms with Gasteiger partial charge in [0.25, 0.3) is 0 Å². The number of aromatic nitrogens is 2. The largest absolute Gasteiger partial charge is 0.337 e. The van der Waals surface area contributed by atoms with E-state index in [1.807, 2.05) is 46.6 Å². The van der Waals surface area contributed by atoms with Crippen LogP contribution in [0.4, 0.5) is 0 Å². The van der Waals surface area contributed by atoms with Crippen molar-refractivity contribution in [2.24, 2.45) is 0 Å². The minimum atomic E-state index is -3.01. The smallest absolute Gasteiger partial charge is 0.246 e. The third kappa shape index (κ3) is 4.83. The van der Waals surface area contributed by atoms with Crippen LogP contribution in [-0.4, -0.2) is 53.6 Å². The van der Waals surface area contributed by atoms with Gasteiger partial charge >= 0.3 is 0 Å². The van der Waals surface area contributed by atoms with Crippen LogP contribution in [0, 0.1) is 0 Å². The Morgan fingerprint density at radius 2 is 1.86 bits per heavy atom. The van der Waals surface area contributed by atoms with E-state index in [1.165, 1.54) is 6.08 Å². The minimum absolute atomic E-state index is 0.0298. The maximum absolute atomic E-state index is 12.5. The summed E-state index contributed by atoms with van der Waals surface area (Å²) in [4.78, 5) is 15.1. The first-order valence-electron chi connectivity index (χ1n) is 9.33. The summed E-state index contributed by atoms with van der Waals surface area (Å²) >= 11 is 1.60. The monoisotopic (exact) mass is 427 g/mol. The summed E-state index contributed by atoms with van der Waals surface area (Å²) in [5.74, 6) is -0.114. The van der Waals surface area contributed by atoms with E-state index in [9.17, 15) is 13.2 Å². The van der Waals surface area contributed by atoms with Crippen LogP contribution < -0.4 is 0 Å². The van der Waals surface area contributed by atoms with E-state index in [4.69, 9.17) is 5.10 Å². The van der Waals surface area contributed by atoms with Gasteiger partial charge < -0.3 is 4.90 Å². The maximum Gasteiger partial charge on any atom is 0.246 e. The van der Waals surface area contributed by atoms with E-state index in [0.717, 1.165) is 21.7 Å². The van der Waals surface area contributed by atoms with Crippen molar-refractivity contribution in [1.29, 1.82) is 0 Å². The van der Waals surface area contributed by atoms with Gasteiger partial charge in [0.15, 0.2) is 9.84 Å². The molecule has 0 N–H and O–H groups in total. The van der Waals surface area contributed by atoms with Gasteiger partial charge in [-0.15, -0.1) is 11.3 Å². The molecule has 8 heteroatoms. The molecule has 1 aromatic carbocycles. The van der Waals surface area contributed by atoms with Crippen molar-refractivity contribution in [2.75, 3.05) is 24.6 Å². The third-order valence-electron chi connectivity index (χ3n) is 4.79. The molecule has 0 atom stereocenters. The summed E-state index contributed by atoms with van der Waals surface area (Å²) in [5.41, 5.74) is 2.84. The van der Waals surface area contributed by atoms with Crippen molar-refractivity contribution >= 4 is 33.2 Å². The second-order valence-electron chi connectivity index (χ2n) is 6.90.